The maximum atomic E-state index is 9.91. The quantitative estimate of drug-likeness (QED) is 0.141. The molecule has 0 aliphatic rings. The summed E-state index contributed by atoms with van der Waals surface area (Å²) in [7, 11) is 5.01. The molecule has 0 saturated heterocycles. The zero-order valence-electron chi connectivity index (χ0n) is 20.7. The van der Waals surface area contributed by atoms with Gasteiger partial charge in [0.1, 0.15) is 8.56 Å². The molecule has 0 fully saturated rings. The number of hydrogen-bond acceptors (Lipinski definition) is 1. The Morgan fingerprint density at radius 2 is 1.00 bits per heavy atom. The smallest absolute Gasteiger partial charge is 0.150 e. The van der Waals surface area contributed by atoms with Crippen molar-refractivity contribution in [1.82, 2.24) is 0 Å². The number of quaternary nitrogens is 1. The Hall–Kier alpha value is 0.861. The van der Waals surface area contributed by atoms with Crippen LogP contribution in [0.1, 0.15) is 116 Å². The Bertz CT molecular complexity index is 322. The molecule has 1 N–H and O–H groups in total. The van der Waals surface area contributed by atoms with Crippen molar-refractivity contribution in [2.45, 2.75) is 122 Å². The highest BCUT2D eigenvalue weighted by Crippen LogP contribution is 2.14. The molecule has 0 aliphatic carbocycles. The van der Waals surface area contributed by atoms with E-state index < -0.39 is 8.56 Å². The van der Waals surface area contributed by atoms with E-state index in [0.29, 0.717) is 0 Å². The van der Waals surface area contributed by atoms with E-state index in [0.717, 1.165) is 0 Å². The Morgan fingerprint density at radius 3 is 1.38 bits per heavy atom. The van der Waals surface area contributed by atoms with Crippen LogP contribution in [0.5, 0.6) is 0 Å². The first-order valence-corrected chi connectivity index (χ1v) is 23.3. The van der Waals surface area contributed by atoms with E-state index >= 15 is 0 Å². The summed E-state index contributed by atoms with van der Waals surface area (Å²) in [6.45, 7) is 4.90. The SMILES string of the molecule is CCCCCCCCCCCCCCCCCC[N+](C)(C)CCC[SiH](O)[SiH2][SiH3].[Cl-]. The van der Waals surface area contributed by atoms with Gasteiger partial charge < -0.3 is 21.7 Å². The van der Waals surface area contributed by atoms with E-state index in [4.69, 9.17) is 0 Å². The van der Waals surface area contributed by atoms with Gasteiger partial charge in [-0.05, 0) is 35.1 Å². The van der Waals surface area contributed by atoms with Crippen molar-refractivity contribution < 1.29 is 21.7 Å². The molecule has 1 unspecified atom stereocenters. The lowest BCUT2D eigenvalue weighted by molar-refractivity contribution is -0.890. The van der Waals surface area contributed by atoms with E-state index in [-0.39, 0.29) is 21.0 Å². The van der Waals surface area contributed by atoms with Crippen LogP contribution in [-0.4, -0.2) is 63.3 Å². The van der Waals surface area contributed by atoms with Crippen molar-refractivity contribution in [2.24, 2.45) is 0 Å². The molecule has 0 aromatic carbocycles. The van der Waals surface area contributed by atoms with Gasteiger partial charge in [-0.3, -0.25) is 0 Å². The molecule has 0 aromatic rings. The molecule has 0 aliphatic heterocycles. The van der Waals surface area contributed by atoms with Crippen LogP contribution in [0.2, 0.25) is 6.04 Å². The molecule has 1 atom stereocenters. The first kappa shape index (κ1) is 32.0. The second-order valence-corrected chi connectivity index (χ2v) is 25.2. The van der Waals surface area contributed by atoms with E-state index in [1.807, 2.05) is 0 Å². The van der Waals surface area contributed by atoms with E-state index in [1.54, 1.807) is 0 Å². The number of hydrogen-bond donors (Lipinski definition) is 1. The molecular formula is C23H56ClNOSi3. The Balaban J connectivity index is 0. The van der Waals surface area contributed by atoms with Gasteiger partial charge in [0, 0.05) is 8.55 Å². The Kier molecular flexibility index (Phi) is 26.0. The molecule has 29 heavy (non-hydrogen) atoms. The van der Waals surface area contributed by atoms with Crippen LogP contribution in [0.3, 0.4) is 0 Å². The van der Waals surface area contributed by atoms with Crippen molar-refractivity contribution in [3.05, 3.63) is 0 Å². The van der Waals surface area contributed by atoms with Crippen molar-refractivity contribution >= 4 is 26.9 Å². The zero-order chi connectivity index (χ0) is 20.9. The summed E-state index contributed by atoms with van der Waals surface area (Å²) in [6, 6.07) is 1.20. The monoisotopic (exact) mass is 481 g/mol. The minimum atomic E-state index is -1.15. The average molecular weight is 482 g/mol. The van der Waals surface area contributed by atoms with Gasteiger partial charge in [-0.15, -0.1) is 0 Å². The molecule has 0 radical (unpaired) electrons. The molecule has 178 valence electrons. The first-order valence-electron chi connectivity index (χ1n) is 13.0. The Labute approximate surface area is 197 Å². The predicted molar refractivity (Wildman–Crippen MR) is 139 cm³/mol. The summed E-state index contributed by atoms with van der Waals surface area (Å²) in [5.41, 5.74) is 0. The highest BCUT2D eigenvalue weighted by molar-refractivity contribution is 7.28. The van der Waals surface area contributed by atoms with E-state index in [1.165, 1.54) is 143 Å². The fourth-order valence-corrected chi connectivity index (χ4v) is 11.0. The van der Waals surface area contributed by atoms with Crippen molar-refractivity contribution in [1.29, 1.82) is 0 Å². The van der Waals surface area contributed by atoms with Gasteiger partial charge in [0.25, 0.3) is 0 Å². The maximum absolute atomic E-state index is 9.91. The van der Waals surface area contributed by atoms with Crippen LogP contribution < -0.4 is 12.4 Å². The second kappa shape index (κ2) is 23.5. The lowest BCUT2D eigenvalue weighted by atomic mass is 10.0. The van der Waals surface area contributed by atoms with Crippen LogP contribution in [-0.2, 0) is 0 Å². The minimum absolute atomic E-state index is 0. The summed E-state index contributed by atoms with van der Waals surface area (Å²) < 4.78 is 1.17. The van der Waals surface area contributed by atoms with E-state index in [9.17, 15) is 4.80 Å². The number of rotatable bonds is 22. The average Bonchev–Trinajstić information content (AvgIpc) is 2.67. The summed E-state index contributed by atoms with van der Waals surface area (Å²) in [5.74, 6) is 0. The predicted octanol–water partition coefficient (Wildman–Crippen LogP) is 1.38. The largest absolute Gasteiger partial charge is 1.00 e. The Morgan fingerprint density at radius 1 is 0.655 bits per heavy atom. The van der Waals surface area contributed by atoms with Crippen LogP contribution in [0, 0.1) is 0 Å². The molecule has 0 spiro atoms. The molecule has 2 nitrogen and oxygen atoms in total. The number of unbranched alkanes of at least 4 members (excludes halogenated alkanes) is 15. The highest BCUT2D eigenvalue weighted by atomic mass is 35.5. The third-order valence-corrected chi connectivity index (χ3v) is 20.9. The molecular weight excluding hydrogens is 426 g/mol. The second-order valence-electron chi connectivity index (χ2n) is 9.89. The van der Waals surface area contributed by atoms with Crippen LogP contribution >= 0.6 is 0 Å². The van der Waals surface area contributed by atoms with Gasteiger partial charge in [0.15, 0.2) is 0 Å². The third-order valence-electron chi connectivity index (χ3n) is 6.39. The molecule has 0 heterocycles. The van der Waals surface area contributed by atoms with Crippen LogP contribution in [0.15, 0.2) is 0 Å². The van der Waals surface area contributed by atoms with Crippen LogP contribution in [0.25, 0.3) is 0 Å². The zero-order valence-corrected chi connectivity index (χ0v) is 26.0. The topological polar surface area (TPSA) is 20.2 Å². The summed E-state index contributed by atoms with van der Waals surface area (Å²) in [5, 5.41) is 0. The summed E-state index contributed by atoms with van der Waals surface area (Å²) in [6.07, 6.45) is 24.5. The molecule has 0 bridgehead atoms. The lowest BCUT2D eigenvalue weighted by Crippen LogP contribution is -3.00. The molecule has 0 amide bonds. The van der Waals surface area contributed by atoms with Gasteiger partial charge >= 0.3 is 0 Å². The van der Waals surface area contributed by atoms with Gasteiger partial charge in [-0.1, -0.05) is 96.8 Å². The van der Waals surface area contributed by atoms with Gasteiger partial charge in [-0.2, -0.15) is 0 Å². The van der Waals surface area contributed by atoms with Gasteiger partial charge in [0.2, 0.25) is 0 Å². The fourth-order valence-electron chi connectivity index (χ4n) is 4.16. The molecule has 0 aromatic heterocycles. The van der Waals surface area contributed by atoms with Gasteiger partial charge in [0.05, 0.1) is 27.2 Å². The third kappa shape index (κ3) is 25.0. The maximum Gasteiger partial charge on any atom is 0.150 e. The van der Waals surface area contributed by atoms with Gasteiger partial charge in [-0.25, -0.2) is 0 Å². The first-order chi connectivity index (χ1) is 13.5. The van der Waals surface area contributed by atoms with Crippen molar-refractivity contribution in [2.75, 3.05) is 27.2 Å². The molecule has 0 rings (SSSR count). The standard InChI is InChI=1S/C23H56NOSi3.ClH/c1-4-5-6-7-8-9-10-11-12-13-14-15-16-17-18-19-21-24(2,3)22-20-23-28(25)27-26;/h25,28H,4-23,27H2,1-3,26H3;1H/q+1;/p-1. The highest BCUT2D eigenvalue weighted by Gasteiger charge is 2.15. The van der Waals surface area contributed by atoms with Crippen molar-refractivity contribution in [3.63, 3.8) is 0 Å². The minimum Gasteiger partial charge on any atom is -1.00 e. The number of halogens is 1. The lowest BCUT2D eigenvalue weighted by Gasteiger charge is -2.30. The fraction of sp³-hybridized carbons (Fsp3) is 1.00. The number of nitrogens with zero attached hydrogens (tertiary/aromatic N) is 1. The van der Waals surface area contributed by atoms with Crippen LogP contribution in [0.4, 0.5) is 0 Å². The normalized spacial score (nSPS) is 13.2. The molecule has 6 heteroatoms. The van der Waals surface area contributed by atoms with E-state index in [2.05, 4.69) is 21.0 Å². The summed E-state index contributed by atoms with van der Waals surface area (Å²) >= 11 is 0. The summed E-state index contributed by atoms with van der Waals surface area (Å²) in [4.78, 5) is 9.91. The van der Waals surface area contributed by atoms with Crippen molar-refractivity contribution in [3.8, 4) is 0 Å². The molecule has 0 saturated carbocycles.